The number of carboxylic acids is 1. The van der Waals surface area contributed by atoms with Crippen LogP contribution in [0.2, 0.25) is 0 Å². The first kappa shape index (κ1) is 29.2. The van der Waals surface area contributed by atoms with Crippen molar-refractivity contribution in [1.82, 2.24) is 9.80 Å². The topological polar surface area (TPSA) is 92.7 Å². The first-order valence-corrected chi connectivity index (χ1v) is 12.3. The number of rotatable bonds is 5. The predicted molar refractivity (Wildman–Crippen MR) is 128 cm³/mol. The number of carboxylic acid groups (broad SMARTS) is 1. The zero-order chi connectivity index (χ0) is 25.0. The molecule has 2 fully saturated rings. The Morgan fingerprint density at radius 2 is 1.14 bits per heavy atom. The number of hydrogen-bond donors (Lipinski definition) is 0. The van der Waals surface area contributed by atoms with E-state index in [2.05, 4.69) is 35.8 Å². The minimum absolute atomic E-state index is 0. The molecule has 2 aromatic carbocycles. The van der Waals surface area contributed by atoms with Gasteiger partial charge in [0.25, 0.3) is 0 Å². The summed E-state index contributed by atoms with van der Waals surface area (Å²) in [6.07, 6.45) is 4.73. The van der Waals surface area contributed by atoms with Gasteiger partial charge < -0.3 is 20.1 Å². The monoisotopic (exact) mass is 521 g/mol. The molecular formula is C28H37FeN2O4+2. The third-order valence-electron chi connectivity index (χ3n) is 7.01. The summed E-state index contributed by atoms with van der Waals surface area (Å²) in [6, 6.07) is 9.03. The largest absolute Gasteiger partial charge is 5.00 e. The van der Waals surface area contributed by atoms with Crippen LogP contribution in [-0.4, -0.2) is 40.9 Å². The van der Waals surface area contributed by atoms with E-state index in [1.54, 1.807) is 0 Å². The molecule has 2 aromatic rings. The van der Waals surface area contributed by atoms with Gasteiger partial charge in [-0.15, -0.1) is 11.5 Å². The molecule has 0 bridgehead atoms. The van der Waals surface area contributed by atoms with Crippen LogP contribution < -0.4 is 15.3 Å². The average Bonchev–Trinajstić information content (AvgIpc) is 3.38. The fourth-order valence-corrected chi connectivity index (χ4v) is 5.73. The molecule has 7 heteroatoms. The normalized spacial score (nSPS) is 20.3. The molecule has 6 nitrogen and oxygen atoms in total. The third kappa shape index (κ3) is 7.47. The Morgan fingerprint density at radius 3 is 1.49 bits per heavy atom. The zero-order valence-electron chi connectivity index (χ0n) is 21.5. The van der Waals surface area contributed by atoms with Crippen molar-refractivity contribution in [2.75, 3.05) is 13.1 Å². The molecule has 0 unspecified atom stereocenters. The molecule has 0 aromatic heterocycles. The fraction of sp³-hybridized carbons (Fsp3) is 0.536. The van der Waals surface area contributed by atoms with Crippen molar-refractivity contribution < 1.29 is 37.2 Å². The maximum atomic E-state index is 12.7. The van der Waals surface area contributed by atoms with Crippen LogP contribution in [0, 0.1) is 27.7 Å². The molecule has 35 heavy (non-hydrogen) atoms. The van der Waals surface area contributed by atoms with Crippen molar-refractivity contribution in [3.8, 4) is 11.5 Å². The van der Waals surface area contributed by atoms with E-state index in [-0.39, 0.29) is 28.6 Å². The second-order valence-electron chi connectivity index (χ2n) is 9.99. The third-order valence-corrected chi connectivity index (χ3v) is 7.01. The first-order chi connectivity index (χ1) is 16.1. The van der Waals surface area contributed by atoms with Crippen molar-refractivity contribution in [3.63, 3.8) is 0 Å². The molecule has 0 spiro atoms. The number of aryl methyl sites for hydroxylation is 4. The fourth-order valence-electron chi connectivity index (χ4n) is 5.73. The summed E-state index contributed by atoms with van der Waals surface area (Å²) in [6.45, 7) is 12.5. The van der Waals surface area contributed by atoms with E-state index < -0.39 is 5.97 Å². The van der Waals surface area contributed by atoms with Gasteiger partial charge in [-0.2, -0.15) is 0 Å². The molecule has 2 atom stereocenters. The van der Waals surface area contributed by atoms with Crippen LogP contribution in [0.4, 0.5) is 0 Å². The Balaban J connectivity index is 0.000000804. The maximum absolute atomic E-state index is 12.7. The van der Waals surface area contributed by atoms with Crippen molar-refractivity contribution in [1.29, 1.82) is 0 Å². The van der Waals surface area contributed by atoms with Crippen molar-refractivity contribution in [3.05, 3.63) is 57.6 Å². The summed E-state index contributed by atoms with van der Waals surface area (Å²) < 4.78 is 0. The van der Waals surface area contributed by atoms with Gasteiger partial charge in [0.05, 0.1) is 0 Å². The Hall–Kier alpha value is -2.05. The molecule has 2 saturated heterocycles. The van der Waals surface area contributed by atoms with Crippen LogP contribution in [0.1, 0.15) is 66.0 Å². The molecule has 0 aliphatic carbocycles. The number of likely N-dealkylation sites (tertiary alicyclic amines) is 2. The number of carbonyl (C=O) groups is 1. The van der Waals surface area contributed by atoms with E-state index in [0.717, 1.165) is 66.5 Å². The van der Waals surface area contributed by atoms with Crippen LogP contribution in [0.15, 0.2) is 24.3 Å². The van der Waals surface area contributed by atoms with Crippen LogP contribution in [0.5, 0.6) is 11.5 Å². The molecular weight excluding hydrogens is 484 g/mol. The summed E-state index contributed by atoms with van der Waals surface area (Å²) >= 11 is 0. The van der Waals surface area contributed by atoms with Gasteiger partial charge in [-0.1, -0.05) is 46.5 Å². The Morgan fingerprint density at radius 1 is 0.800 bits per heavy atom. The second-order valence-corrected chi connectivity index (χ2v) is 9.99. The quantitative estimate of drug-likeness (QED) is 0.562. The van der Waals surface area contributed by atoms with Gasteiger partial charge in [-0.3, -0.25) is 9.80 Å². The standard InChI is InChI=1S/C26H36N2O2.C2H4O2.Fe/c1-17-11-19(3)25(29)21(13-17)15-27-9-5-7-23(27)24-8-6-10-28(24)16-22-14-18(2)12-20(4)26(22)30;1-2(3)4;/h11-14,23-24,29-30H,5-10,15-16H2,1-4H3;1H3,(H,3,4);/q;;+5/p-3/t23-,24+;;. The van der Waals surface area contributed by atoms with E-state index in [9.17, 15) is 10.2 Å². The van der Waals surface area contributed by atoms with Crippen LogP contribution >= 0.6 is 0 Å². The number of nitrogens with zero attached hydrogens (tertiary/aromatic N) is 2. The average molecular weight is 521 g/mol. The molecule has 0 amide bonds. The molecule has 0 saturated carbocycles. The molecule has 2 aliphatic rings. The van der Waals surface area contributed by atoms with Gasteiger partial charge >= 0.3 is 17.1 Å². The molecule has 2 heterocycles. The molecule has 2 aliphatic heterocycles. The van der Waals surface area contributed by atoms with E-state index in [1.807, 2.05) is 26.0 Å². The summed E-state index contributed by atoms with van der Waals surface area (Å²) in [5.74, 6) is -0.693. The minimum atomic E-state index is -1.08. The number of benzene rings is 2. The van der Waals surface area contributed by atoms with Gasteiger partial charge in [0, 0.05) is 31.1 Å². The summed E-state index contributed by atoms with van der Waals surface area (Å²) in [4.78, 5) is 13.9. The Labute approximate surface area is 220 Å². The van der Waals surface area contributed by atoms with Crippen molar-refractivity contribution >= 4 is 5.97 Å². The van der Waals surface area contributed by atoms with Crippen LogP contribution in [0.3, 0.4) is 0 Å². The predicted octanol–water partition coefficient (Wildman–Crippen LogP) is 2.45. The summed E-state index contributed by atoms with van der Waals surface area (Å²) in [5.41, 5.74) is 5.89. The maximum Gasteiger partial charge on any atom is 5.00 e. The van der Waals surface area contributed by atoms with E-state index in [4.69, 9.17) is 9.90 Å². The smallest absolute Gasteiger partial charge is 0.872 e. The summed E-state index contributed by atoms with van der Waals surface area (Å²) in [7, 11) is 0. The minimum Gasteiger partial charge on any atom is -0.872 e. The molecule has 1 radical (unpaired) electrons. The van der Waals surface area contributed by atoms with E-state index in [0.29, 0.717) is 12.1 Å². The van der Waals surface area contributed by atoms with E-state index >= 15 is 0 Å². The Bertz CT molecular complexity index is 947. The number of hydrogen-bond acceptors (Lipinski definition) is 6. The molecule has 4 rings (SSSR count). The van der Waals surface area contributed by atoms with Gasteiger partial charge in [0.1, 0.15) is 0 Å². The van der Waals surface area contributed by atoms with Gasteiger partial charge in [0.2, 0.25) is 0 Å². The second kappa shape index (κ2) is 12.8. The SMILES string of the molecule is CC(=O)[O-].Cc1cc(C)c([O-])c(CN2CCC[C@@H]2[C@@H]2CCCN2Cc2cc(C)cc(C)c2[O-])c1.[Fe+5]. The van der Waals surface area contributed by atoms with Crippen molar-refractivity contribution in [2.45, 2.75) is 85.5 Å². The van der Waals surface area contributed by atoms with Gasteiger partial charge in [-0.05, 0) is 84.5 Å². The van der Waals surface area contributed by atoms with Gasteiger partial charge in [0.15, 0.2) is 0 Å². The first-order valence-electron chi connectivity index (χ1n) is 12.3. The number of carbonyl (C=O) groups excluding carboxylic acids is 1. The molecule has 0 N–H and O–H groups in total. The van der Waals surface area contributed by atoms with Gasteiger partial charge in [-0.25, -0.2) is 0 Å². The summed E-state index contributed by atoms with van der Waals surface area (Å²) in [5, 5.41) is 34.2. The van der Waals surface area contributed by atoms with E-state index in [1.165, 1.54) is 25.7 Å². The van der Waals surface area contributed by atoms with Crippen LogP contribution in [0.25, 0.3) is 0 Å². The number of aliphatic carboxylic acids is 1. The zero-order valence-corrected chi connectivity index (χ0v) is 22.6. The van der Waals surface area contributed by atoms with Crippen LogP contribution in [-0.2, 0) is 35.0 Å². The molecule has 189 valence electrons. The Kier molecular flexibility index (Phi) is 10.6. The van der Waals surface area contributed by atoms with Crippen molar-refractivity contribution in [2.24, 2.45) is 0 Å².